The molecule has 0 fully saturated rings. The van der Waals surface area contributed by atoms with Gasteiger partial charge in [-0.3, -0.25) is 10.1 Å². The van der Waals surface area contributed by atoms with Gasteiger partial charge in [-0.1, -0.05) is 36.4 Å². The van der Waals surface area contributed by atoms with Gasteiger partial charge in [0.05, 0.1) is 0 Å². The molecule has 1 unspecified atom stereocenters. The second-order valence-electron chi connectivity index (χ2n) is 4.64. The Kier molecular flexibility index (Phi) is 4.48. The maximum absolute atomic E-state index is 13.3. The van der Waals surface area contributed by atoms with Crippen LogP contribution in [0.1, 0.15) is 22.7 Å². The standard InChI is InChI=1S/C16H16FNO2/c1-11-7-8-13(17)9-14(11)15(16(19)20)18-10-12-5-3-2-4-6-12/h2-9,15,18H,10H2,1H3,(H,19,20). The Morgan fingerprint density at radius 1 is 1.25 bits per heavy atom. The van der Waals surface area contributed by atoms with Gasteiger partial charge >= 0.3 is 5.97 Å². The third-order valence-electron chi connectivity index (χ3n) is 3.15. The summed E-state index contributed by atoms with van der Waals surface area (Å²) in [5, 5.41) is 12.3. The monoisotopic (exact) mass is 273 g/mol. The minimum absolute atomic E-state index is 0.410. The van der Waals surface area contributed by atoms with E-state index < -0.39 is 17.8 Å². The van der Waals surface area contributed by atoms with E-state index in [0.29, 0.717) is 12.1 Å². The number of hydrogen-bond donors (Lipinski definition) is 2. The zero-order valence-corrected chi connectivity index (χ0v) is 11.1. The first-order valence-corrected chi connectivity index (χ1v) is 6.34. The molecule has 0 aliphatic carbocycles. The van der Waals surface area contributed by atoms with E-state index in [4.69, 9.17) is 0 Å². The molecular weight excluding hydrogens is 257 g/mol. The molecule has 0 aliphatic rings. The van der Waals surface area contributed by atoms with Gasteiger partial charge in [-0.05, 0) is 35.7 Å². The Labute approximate surface area is 117 Å². The van der Waals surface area contributed by atoms with Gasteiger partial charge in [0.2, 0.25) is 0 Å². The Morgan fingerprint density at radius 2 is 1.95 bits per heavy atom. The zero-order valence-electron chi connectivity index (χ0n) is 11.1. The van der Waals surface area contributed by atoms with Crippen LogP contribution in [0.25, 0.3) is 0 Å². The van der Waals surface area contributed by atoms with E-state index in [9.17, 15) is 14.3 Å². The SMILES string of the molecule is Cc1ccc(F)cc1C(NCc1ccccc1)C(=O)O. The Morgan fingerprint density at radius 3 is 2.60 bits per heavy atom. The molecule has 4 heteroatoms. The zero-order chi connectivity index (χ0) is 14.5. The minimum Gasteiger partial charge on any atom is -0.480 e. The maximum Gasteiger partial charge on any atom is 0.325 e. The van der Waals surface area contributed by atoms with Crippen LogP contribution in [-0.2, 0) is 11.3 Å². The highest BCUT2D eigenvalue weighted by molar-refractivity contribution is 5.76. The molecule has 2 rings (SSSR count). The van der Waals surface area contributed by atoms with E-state index >= 15 is 0 Å². The first-order valence-electron chi connectivity index (χ1n) is 6.34. The summed E-state index contributed by atoms with van der Waals surface area (Å²) >= 11 is 0. The van der Waals surface area contributed by atoms with Gasteiger partial charge in [-0.2, -0.15) is 0 Å². The van der Waals surface area contributed by atoms with Crippen LogP contribution in [-0.4, -0.2) is 11.1 Å². The molecule has 104 valence electrons. The number of carboxylic acid groups (broad SMARTS) is 1. The summed E-state index contributed by atoms with van der Waals surface area (Å²) in [5.41, 5.74) is 2.18. The molecule has 0 radical (unpaired) electrons. The molecule has 0 saturated heterocycles. The fourth-order valence-electron chi connectivity index (χ4n) is 2.07. The number of nitrogens with one attached hydrogen (secondary N) is 1. The minimum atomic E-state index is -1.02. The summed E-state index contributed by atoms with van der Waals surface area (Å²) in [6, 6.07) is 12.8. The number of benzene rings is 2. The van der Waals surface area contributed by atoms with E-state index in [2.05, 4.69) is 5.32 Å². The number of rotatable bonds is 5. The Hall–Kier alpha value is -2.20. The van der Waals surface area contributed by atoms with Crippen molar-refractivity contribution in [3.8, 4) is 0 Å². The fourth-order valence-corrected chi connectivity index (χ4v) is 2.07. The number of aliphatic carboxylic acids is 1. The molecule has 2 aromatic rings. The van der Waals surface area contributed by atoms with Crippen molar-refractivity contribution in [2.24, 2.45) is 0 Å². The molecule has 20 heavy (non-hydrogen) atoms. The van der Waals surface area contributed by atoms with Crippen LogP contribution in [0.2, 0.25) is 0 Å². The number of carbonyl (C=O) groups is 1. The first-order chi connectivity index (χ1) is 9.58. The van der Waals surface area contributed by atoms with E-state index in [0.717, 1.165) is 11.1 Å². The number of hydrogen-bond acceptors (Lipinski definition) is 2. The molecule has 0 saturated carbocycles. The summed E-state index contributed by atoms with van der Waals surface area (Å²) in [4.78, 5) is 11.4. The van der Waals surface area contributed by atoms with Crippen molar-refractivity contribution in [3.63, 3.8) is 0 Å². The van der Waals surface area contributed by atoms with Gasteiger partial charge in [0.1, 0.15) is 11.9 Å². The molecule has 0 spiro atoms. The van der Waals surface area contributed by atoms with Crippen molar-refractivity contribution >= 4 is 5.97 Å². The summed E-state index contributed by atoms with van der Waals surface area (Å²) in [5.74, 6) is -1.45. The highest BCUT2D eigenvalue weighted by atomic mass is 19.1. The lowest BCUT2D eigenvalue weighted by Crippen LogP contribution is -2.28. The van der Waals surface area contributed by atoms with Crippen LogP contribution in [0.5, 0.6) is 0 Å². The predicted molar refractivity (Wildman–Crippen MR) is 74.8 cm³/mol. The highest BCUT2D eigenvalue weighted by Crippen LogP contribution is 2.20. The van der Waals surface area contributed by atoms with Crippen molar-refractivity contribution in [2.45, 2.75) is 19.5 Å². The topological polar surface area (TPSA) is 49.3 Å². The summed E-state index contributed by atoms with van der Waals surface area (Å²) in [7, 11) is 0. The van der Waals surface area contributed by atoms with Gasteiger partial charge in [-0.25, -0.2) is 4.39 Å². The van der Waals surface area contributed by atoms with Gasteiger partial charge < -0.3 is 5.11 Å². The smallest absolute Gasteiger partial charge is 0.325 e. The maximum atomic E-state index is 13.3. The molecule has 2 N–H and O–H groups in total. The molecule has 0 aliphatic heterocycles. The van der Waals surface area contributed by atoms with Gasteiger partial charge in [0, 0.05) is 6.54 Å². The highest BCUT2D eigenvalue weighted by Gasteiger charge is 2.21. The van der Waals surface area contributed by atoms with Crippen LogP contribution in [0.3, 0.4) is 0 Å². The Bertz CT molecular complexity index is 599. The van der Waals surface area contributed by atoms with Crippen LogP contribution in [0.4, 0.5) is 4.39 Å². The van der Waals surface area contributed by atoms with Crippen LogP contribution < -0.4 is 5.32 Å². The average Bonchev–Trinajstić information content (AvgIpc) is 2.43. The van der Waals surface area contributed by atoms with Crippen LogP contribution >= 0.6 is 0 Å². The second-order valence-corrected chi connectivity index (χ2v) is 4.64. The average molecular weight is 273 g/mol. The normalized spacial score (nSPS) is 12.1. The van der Waals surface area contributed by atoms with E-state index in [1.165, 1.54) is 12.1 Å². The molecule has 0 amide bonds. The summed E-state index contributed by atoms with van der Waals surface area (Å²) in [6.07, 6.45) is 0. The quantitative estimate of drug-likeness (QED) is 0.880. The first kappa shape index (κ1) is 14.2. The lowest BCUT2D eigenvalue weighted by molar-refractivity contribution is -0.139. The predicted octanol–water partition coefficient (Wildman–Crippen LogP) is 3.05. The van der Waals surface area contributed by atoms with Crippen molar-refractivity contribution in [1.82, 2.24) is 5.32 Å². The third-order valence-corrected chi connectivity index (χ3v) is 3.15. The Balaban J connectivity index is 2.19. The number of carboxylic acids is 1. The number of aryl methyl sites for hydroxylation is 1. The number of halogens is 1. The largest absolute Gasteiger partial charge is 0.480 e. The van der Waals surface area contributed by atoms with Crippen LogP contribution in [0, 0.1) is 12.7 Å². The van der Waals surface area contributed by atoms with Gasteiger partial charge in [0.25, 0.3) is 0 Å². The molecular formula is C16H16FNO2. The molecule has 0 aromatic heterocycles. The van der Waals surface area contributed by atoms with E-state index in [1.807, 2.05) is 30.3 Å². The van der Waals surface area contributed by atoms with Crippen molar-refractivity contribution in [3.05, 3.63) is 71.0 Å². The lowest BCUT2D eigenvalue weighted by atomic mass is 10.0. The van der Waals surface area contributed by atoms with E-state index in [1.54, 1.807) is 13.0 Å². The molecule has 3 nitrogen and oxygen atoms in total. The third kappa shape index (κ3) is 3.42. The molecule has 0 heterocycles. The lowest BCUT2D eigenvalue weighted by Gasteiger charge is -2.17. The van der Waals surface area contributed by atoms with Crippen molar-refractivity contribution in [1.29, 1.82) is 0 Å². The van der Waals surface area contributed by atoms with E-state index in [-0.39, 0.29) is 0 Å². The van der Waals surface area contributed by atoms with Crippen LogP contribution in [0.15, 0.2) is 48.5 Å². The molecule has 1 atom stereocenters. The van der Waals surface area contributed by atoms with Crippen molar-refractivity contribution < 1.29 is 14.3 Å². The molecule has 2 aromatic carbocycles. The fraction of sp³-hybridized carbons (Fsp3) is 0.188. The summed E-state index contributed by atoms with van der Waals surface area (Å²) < 4.78 is 13.3. The van der Waals surface area contributed by atoms with Crippen molar-refractivity contribution in [2.75, 3.05) is 0 Å². The van der Waals surface area contributed by atoms with Gasteiger partial charge in [0.15, 0.2) is 0 Å². The molecule has 0 bridgehead atoms. The second kappa shape index (κ2) is 6.30. The van der Waals surface area contributed by atoms with Gasteiger partial charge in [-0.15, -0.1) is 0 Å². The summed E-state index contributed by atoms with van der Waals surface area (Å²) in [6.45, 7) is 2.18.